The van der Waals surface area contributed by atoms with Gasteiger partial charge in [-0.05, 0) is 44.0 Å². The lowest BCUT2D eigenvalue weighted by Gasteiger charge is -2.39. The number of aromatic nitrogens is 2. The zero-order valence-electron chi connectivity index (χ0n) is 16.1. The Balaban J connectivity index is 1.46. The monoisotopic (exact) mass is 376 g/mol. The standard InChI is InChI=1S/C22H24N4O2/c1-15-7-8-18-17(14-15)21(24-20(23-18)19-6-3-13-28-19)25-9-11-26(12-10-25)22(27)16-4-2-5-16/h3,6-8,13-14,16H,2,4-5,9-12H2,1H3. The zero-order valence-corrected chi connectivity index (χ0v) is 16.1. The zero-order chi connectivity index (χ0) is 19.1. The molecule has 1 saturated heterocycles. The number of carbonyl (C=O) groups excluding carboxylic acids is 1. The lowest BCUT2D eigenvalue weighted by molar-refractivity contribution is -0.138. The molecule has 144 valence electrons. The minimum atomic E-state index is 0.264. The first-order valence-corrected chi connectivity index (χ1v) is 10.0. The minimum absolute atomic E-state index is 0.264. The summed E-state index contributed by atoms with van der Waals surface area (Å²) in [5, 5.41) is 1.05. The van der Waals surface area contributed by atoms with Gasteiger partial charge in [-0.3, -0.25) is 4.79 Å². The Hall–Kier alpha value is -2.89. The number of benzene rings is 1. The quantitative estimate of drug-likeness (QED) is 0.698. The van der Waals surface area contributed by atoms with E-state index in [2.05, 4.69) is 24.0 Å². The maximum absolute atomic E-state index is 12.6. The average molecular weight is 376 g/mol. The number of fused-ring (bicyclic) bond motifs is 1. The van der Waals surface area contributed by atoms with Crippen molar-refractivity contribution in [2.75, 3.05) is 31.1 Å². The molecule has 1 saturated carbocycles. The summed E-state index contributed by atoms with van der Waals surface area (Å²) in [6.45, 7) is 5.16. The van der Waals surface area contributed by atoms with E-state index in [1.807, 2.05) is 23.1 Å². The van der Waals surface area contributed by atoms with Gasteiger partial charge in [0.05, 0.1) is 11.8 Å². The van der Waals surface area contributed by atoms with Crippen molar-refractivity contribution in [2.24, 2.45) is 5.92 Å². The molecule has 0 spiro atoms. The second kappa shape index (κ2) is 6.93. The van der Waals surface area contributed by atoms with Crippen molar-refractivity contribution in [2.45, 2.75) is 26.2 Å². The molecule has 0 unspecified atom stereocenters. The Morgan fingerprint density at radius 2 is 1.93 bits per heavy atom. The third-order valence-electron chi connectivity index (χ3n) is 5.92. The molecule has 2 fully saturated rings. The summed E-state index contributed by atoms with van der Waals surface area (Å²) in [7, 11) is 0. The third-order valence-corrected chi connectivity index (χ3v) is 5.92. The van der Waals surface area contributed by atoms with Crippen LogP contribution in [-0.2, 0) is 4.79 Å². The highest BCUT2D eigenvalue weighted by molar-refractivity contribution is 5.91. The second-order valence-corrected chi connectivity index (χ2v) is 7.81. The summed E-state index contributed by atoms with van der Waals surface area (Å²) in [6, 6.07) is 9.98. The van der Waals surface area contributed by atoms with Crippen molar-refractivity contribution in [3.05, 3.63) is 42.2 Å². The van der Waals surface area contributed by atoms with Crippen LogP contribution in [0.25, 0.3) is 22.5 Å². The van der Waals surface area contributed by atoms with E-state index in [0.29, 0.717) is 17.5 Å². The molecule has 2 aromatic heterocycles. The van der Waals surface area contributed by atoms with Crippen molar-refractivity contribution >= 4 is 22.6 Å². The van der Waals surface area contributed by atoms with E-state index in [0.717, 1.165) is 55.7 Å². The molecule has 1 amide bonds. The van der Waals surface area contributed by atoms with Crippen molar-refractivity contribution in [1.82, 2.24) is 14.9 Å². The molecule has 28 heavy (non-hydrogen) atoms. The van der Waals surface area contributed by atoms with E-state index in [1.165, 1.54) is 12.0 Å². The van der Waals surface area contributed by atoms with Gasteiger partial charge in [-0.1, -0.05) is 18.1 Å². The van der Waals surface area contributed by atoms with Gasteiger partial charge in [-0.2, -0.15) is 0 Å². The SMILES string of the molecule is Cc1ccc2nc(-c3ccco3)nc(N3CCN(C(=O)C4CCC4)CC3)c2c1. The van der Waals surface area contributed by atoms with Crippen LogP contribution in [-0.4, -0.2) is 47.0 Å². The number of rotatable bonds is 3. The Morgan fingerprint density at radius 3 is 2.61 bits per heavy atom. The number of anilines is 1. The molecule has 6 nitrogen and oxygen atoms in total. The van der Waals surface area contributed by atoms with E-state index in [4.69, 9.17) is 14.4 Å². The van der Waals surface area contributed by atoms with Crippen LogP contribution in [0.5, 0.6) is 0 Å². The number of piperazine rings is 1. The number of furan rings is 1. The van der Waals surface area contributed by atoms with Gasteiger partial charge < -0.3 is 14.2 Å². The fourth-order valence-electron chi connectivity index (χ4n) is 4.04. The Kier molecular flexibility index (Phi) is 4.26. The van der Waals surface area contributed by atoms with E-state index >= 15 is 0 Å². The fraction of sp³-hybridized carbons (Fsp3) is 0.409. The largest absolute Gasteiger partial charge is 0.461 e. The molecular formula is C22H24N4O2. The van der Waals surface area contributed by atoms with Crippen molar-refractivity contribution < 1.29 is 9.21 Å². The first kappa shape index (κ1) is 17.2. The number of hydrogen-bond acceptors (Lipinski definition) is 5. The van der Waals surface area contributed by atoms with Crippen LogP contribution in [0, 0.1) is 12.8 Å². The molecule has 0 N–H and O–H groups in total. The molecule has 1 aliphatic carbocycles. The lowest BCUT2D eigenvalue weighted by atomic mass is 9.84. The molecule has 6 heteroatoms. The van der Waals surface area contributed by atoms with Gasteiger partial charge in [0.25, 0.3) is 0 Å². The highest BCUT2D eigenvalue weighted by Crippen LogP contribution is 2.31. The number of carbonyl (C=O) groups is 1. The summed E-state index contributed by atoms with van der Waals surface area (Å²) in [5.41, 5.74) is 2.09. The van der Waals surface area contributed by atoms with E-state index in [9.17, 15) is 4.79 Å². The summed E-state index contributed by atoms with van der Waals surface area (Å²) in [4.78, 5) is 26.4. The number of nitrogens with zero attached hydrogens (tertiary/aromatic N) is 4. The van der Waals surface area contributed by atoms with Gasteiger partial charge in [0, 0.05) is 37.5 Å². The first-order valence-electron chi connectivity index (χ1n) is 10.0. The number of hydrogen-bond donors (Lipinski definition) is 0. The maximum Gasteiger partial charge on any atom is 0.225 e. The van der Waals surface area contributed by atoms with E-state index in [1.54, 1.807) is 6.26 Å². The van der Waals surface area contributed by atoms with Gasteiger partial charge in [0.1, 0.15) is 5.82 Å². The highest BCUT2D eigenvalue weighted by Gasteiger charge is 2.31. The van der Waals surface area contributed by atoms with Gasteiger partial charge in [0.2, 0.25) is 5.91 Å². The smallest absolute Gasteiger partial charge is 0.225 e. The number of aryl methyl sites for hydroxylation is 1. The Bertz CT molecular complexity index is 1000. The molecule has 0 radical (unpaired) electrons. The van der Waals surface area contributed by atoms with Crippen LogP contribution in [0.2, 0.25) is 0 Å². The Labute approximate surface area is 164 Å². The van der Waals surface area contributed by atoms with Crippen molar-refractivity contribution in [3.63, 3.8) is 0 Å². The number of amides is 1. The molecule has 1 aromatic carbocycles. The molecular weight excluding hydrogens is 352 g/mol. The molecule has 3 heterocycles. The first-order chi connectivity index (χ1) is 13.7. The predicted octanol–water partition coefficient (Wildman–Crippen LogP) is 3.65. The normalized spacial score (nSPS) is 17.8. The summed E-state index contributed by atoms with van der Waals surface area (Å²) in [5.74, 6) is 2.80. The lowest BCUT2D eigenvalue weighted by Crippen LogP contribution is -2.51. The molecule has 3 aromatic rings. The maximum atomic E-state index is 12.6. The summed E-state index contributed by atoms with van der Waals surface area (Å²) < 4.78 is 5.53. The van der Waals surface area contributed by atoms with Crippen molar-refractivity contribution in [1.29, 1.82) is 0 Å². The predicted molar refractivity (Wildman–Crippen MR) is 108 cm³/mol. The molecule has 2 aliphatic rings. The van der Waals surface area contributed by atoms with Crippen LogP contribution in [0.15, 0.2) is 41.0 Å². The van der Waals surface area contributed by atoms with Crippen LogP contribution in [0.4, 0.5) is 5.82 Å². The minimum Gasteiger partial charge on any atom is -0.461 e. The Morgan fingerprint density at radius 1 is 1.11 bits per heavy atom. The fourth-order valence-corrected chi connectivity index (χ4v) is 4.04. The van der Waals surface area contributed by atoms with Gasteiger partial charge in [-0.15, -0.1) is 0 Å². The molecule has 5 rings (SSSR count). The molecule has 0 atom stereocenters. The topological polar surface area (TPSA) is 62.5 Å². The van der Waals surface area contributed by atoms with Crippen molar-refractivity contribution in [3.8, 4) is 11.6 Å². The van der Waals surface area contributed by atoms with E-state index in [-0.39, 0.29) is 5.92 Å². The van der Waals surface area contributed by atoms with Crippen LogP contribution in [0.3, 0.4) is 0 Å². The van der Waals surface area contributed by atoms with Gasteiger partial charge in [0.15, 0.2) is 11.6 Å². The average Bonchev–Trinajstić information content (AvgIpc) is 3.21. The second-order valence-electron chi connectivity index (χ2n) is 7.81. The van der Waals surface area contributed by atoms with Gasteiger partial charge >= 0.3 is 0 Å². The molecule has 0 bridgehead atoms. The van der Waals surface area contributed by atoms with Crippen LogP contribution in [0.1, 0.15) is 24.8 Å². The van der Waals surface area contributed by atoms with Crippen LogP contribution >= 0.6 is 0 Å². The highest BCUT2D eigenvalue weighted by atomic mass is 16.3. The third kappa shape index (κ3) is 3.03. The van der Waals surface area contributed by atoms with E-state index < -0.39 is 0 Å². The summed E-state index contributed by atoms with van der Waals surface area (Å²) in [6.07, 6.45) is 4.95. The van der Waals surface area contributed by atoms with Gasteiger partial charge in [-0.25, -0.2) is 9.97 Å². The summed E-state index contributed by atoms with van der Waals surface area (Å²) >= 11 is 0. The van der Waals surface area contributed by atoms with Crippen LogP contribution < -0.4 is 4.90 Å². The molecule has 1 aliphatic heterocycles.